The smallest absolute Gasteiger partial charge is 0.744 e. The topological polar surface area (TPSA) is 322 Å². The number of hydrazone groups is 1. The van der Waals surface area contributed by atoms with Gasteiger partial charge in [-0.3, -0.25) is 19.8 Å². The van der Waals surface area contributed by atoms with Crippen LogP contribution in [0.2, 0.25) is 0 Å². The van der Waals surface area contributed by atoms with Gasteiger partial charge in [0.1, 0.15) is 36.1 Å². The van der Waals surface area contributed by atoms with E-state index >= 15 is 0 Å². The van der Waals surface area contributed by atoms with Crippen molar-refractivity contribution in [1.29, 1.82) is 0 Å². The third-order valence-electron chi connectivity index (χ3n) is 9.33. The number of allylic oxidation sites excluding steroid dienone is 1. The first-order valence-electron chi connectivity index (χ1n) is 17.9. The number of amides is 2. The van der Waals surface area contributed by atoms with Crippen molar-refractivity contribution in [3.63, 3.8) is 0 Å². The van der Waals surface area contributed by atoms with Crippen LogP contribution in [0, 0.1) is 6.92 Å². The Labute approximate surface area is 443 Å². The summed E-state index contributed by atoms with van der Waals surface area (Å²) in [5, 5.41) is 17.4. The van der Waals surface area contributed by atoms with E-state index in [-0.39, 0.29) is 133 Å². The molecule has 0 radical (unpaired) electrons. The Bertz CT molecular complexity index is 3370. The molecule has 0 atom stereocenters. The molecule has 7 rings (SSSR count). The quantitative estimate of drug-likeness (QED) is 0.0331. The van der Waals surface area contributed by atoms with Crippen molar-refractivity contribution in [2.24, 2.45) is 15.3 Å². The van der Waals surface area contributed by atoms with E-state index in [9.17, 15) is 53.3 Å². The van der Waals surface area contributed by atoms with Gasteiger partial charge in [-0.2, -0.15) is 15.3 Å². The maximum atomic E-state index is 13.4. The second-order valence-electron chi connectivity index (χ2n) is 13.7. The average Bonchev–Trinajstić information content (AvgIpc) is 3.21. The Hall–Kier alpha value is -4.47. The number of nitrogens with two attached hydrogens (primary N) is 1. The molecule has 0 saturated carbocycles. The maximum Gasteiger partial charge on any atom is 1.00 e. The van der Waals surface area contributed by atoms with E-state index in [0.29, 0.717) is 34.3 Å². The van der Waals surface area contributed by atoms with E-state index in [2.05, 4.69) is 31.4 Å². The monoisotopic (exact) mass is 975 g/mol. The van der Waals surface area contributed by atoms with Crippen molar-refractivity contribution in [3.8, 4) is 0 Å². The largest absolute Gasteiger partial charge is 1.00 e. The Morgan fingerprint density at radius 3 is 1.77 bits per heavy atom. The molecule has 0 fully saturated rings. The molecule has 0 bridgehead atoms. The normalized spacial score (nSPS) is 13.1. The van der Waals surface area contributed by atoms with Gasteiger partial charge in [0.05, 0.1) is 31.8 Å². The number of Topliss-reactive ketones (excluding diaryl/α,β-unsaturated/α-hetero) is 1. The van der Waals surface area contributed by atoms with Crippen LogP contribution in [0.5, 0.6) is 0 Å². The maximum absolute atomic E-state index is 13.4. The molecule has 6 aromatic carbocycles. The van der Waals surface area contributed by atoms with E-state index in [1.54, 1.807) is 25.1 Å². The molecule has 1 aliphatic rings. The molecule has 25 heteroatoms. The third-order valence-corrected chi connectivity index (χ3v) is 11.9. The summed E-state index contributed by atoms with van der Waals surface area (Å²) in [6.45, 7) is 1.68. The predicted molar refractivity (Wildman–Crippen MR) is 228 cm³/mol. The number of rotatable bonds is 11. The summed E-state index contributed by atoms with van der Waals surface area (Å²) >= 11 is 0. The van der Waals surface area contributed by atoms with Gasteiger partial charge in [-0.15, -0.1) is 0 Å². The minimum absolute atomic E-state index is 0. The van der Waals surface area contributed by atoms with Gasteiger partial charge in [-0.05, 0) is 139 Å². The Kier molecular flexibility index (Phi) is 17.8. The molecule has 2 amide bonds. The zero-order chi connectivity index (χ0) is 45.4. The number of nitrogens with zero attached hydrogens (tertiary/aromatic N) is 3. The zero-order valence-electron chi connectivity index (χ0n) is 35.1. The number of hydrogen-bond donors (Lipinski definition) is 4. The molecule has 0 aliphatic heterocycles. The molecule has 0 aromatic heterocycles. The summed E-state index contributed by atoms with van der Waals surface area (Å²) in [5.74, 6) is -1.89. The number of carbonyl (C=O) groups excluding carboxylic acids is 3. The molecule has 0 heterocycles. The summed E-state index contributed by atoms with van der Waals surface area (Å²) in [5.41, 5.74) is 10.4. The van der Waals surface area contributed by atoms with Gasteiger partial charge in [0.15, 0.2) is 0 Å². The van der Waals surface area contributed by atoms with Crippen molar-refractivity contribution < 1.29 is 142 Å². The molecule has 1 aliphatic carbocycles. The van der Waals surface area contributed by atoms with Crippen LogP contribution >= 0.6 is 0 Å². The second-order valence-corrected chi connectivity index (χ2v) is 17.8. The summed E-state index contributed by atoms with van der Waals surface area (Å²) in [6.07, 6.45) is 0.989. The van der Waals surface area contributed by atoms with E-state index in [0.717, 1.165) is 12.1 Å². The van der Waals surface area contributed by atoms with Crippen LogP contribution in [0.4, 0.5) is 34.1 Å². The Balaban J connectivity index is 0.00000317. The van der Waals surface area contributed by atoms with Crippen LogP contribution < -0.4 is 110 Å². The van der Waals surface area contributed by atoms with Crippen molar-refractivity contribution in [2.45, 2.75) is 16.7 Å². The second kappa shape index (κ2) is 21.7. The van der Waals surface area contributed by atoms with Crippen molar-refractivity contribution >= 4 is 105 Å². The molecule has 0 unspecified atom stereocenters. The van der Waals surface area contributed by atoms with Gasteiger partial charge in [0.25, 0.3) is 11.8 Å². The van der Waals surface area contributed by atoms with Gasteiger partial charge >= 0.3 is 88.7 Å². The van der Waals surface area contributed by atoms with Crippen molar-refractivity contribution in [1.82, 2.24) is 0 Å². The number of azo groups is 1. The fraction of sp³-hybridized carbons (Fsp3) is 0.0244. The molecule has 0 spiro atoms. The average molecular weight is 976 g/mol. The molecular formula is C41H28N7Na3O12S3. The molecule has 19 nitrogen and oxygen atoms in total. The Morgan fingerprint density at radius 2 is 1.20 bits per heavy atom. The molecule has 5 N–H and O–H groups in total. The molecule has 0 saturated heterocycles. The number of anilines is 4. The van der Waals surface area contributed by atoms with Gasteiger partial charge in [0.2, 0.25) is 5.78 Å². The van der Waals surface area contributed by atoms with E-state index in [4.69, 9.17) is 5.73 Å². The molecule has 320 valence electrons. The van der Waals surface area contributed by atoms with Gasteiger partial charge < -0.3 is 30.0 Å². The van der Waals surface area contributed by atoms with Crippen LogP contribution in [-0.4, -0.2) is 62.2 Å². The van der Waals surface area contributed by atoms with Crippen LogP contribution in [0.1, 0.15) is 42.2 Å². The molecule has 6 aromatic rings. The minimum atomic E-state index is -5.22. The van der Waals surface area contributed by atoms with Crippen LogP contribution in [0.15, 0.2) is 145 Å². The first-order valence-corrected chi connectivity index (χ1v) is 22.2. The number of fused-ring (bicyclic) bond motifs is 2. The third kappa shape index (κ3) is 12.7. The first kappa shape index (κ1) is 54.1. The fourth-order valence-electron chi connectivity index (χ4n) is 6.23. The number of nitrogen functional groups attached to an aromatic ring is 1. The zero-order valence-corrected chi connectivity index (χ0v) is 43.5. The van der Waals surface area contributed by atoms with Crippen LogP contribution in [0.25, 0.3) is 16.8 Å². The van der Waals surface area contributed by atoms with Crippen LogP contribution in [0.3, 0.4) is 0 Å². The fourth-order valence-corrected chi connectivity index (χ4v) is 8.20. The number of hydrogen-bond acceptors (Lipinski definition) is 17. The number of ketones is 1. The van der Waals surface area contributed by atoms with E-state index in [1.165, 1.54) is 84.9 Å². The predicted octanol–water partition coefficient (Wildman–Crippen LogP) is -2.98. The Morgan fingerprint density at radius 1 is 0.621 bits per heavy atom. The van der Waals surface area contributed by atoms with Crippen molar-refractivity contribution in [3.05, 3.63) is 148 Å². The summed E-state index contributed by atoms with van der Waals surface area (Å²) in [7, 11) is -15.5. The SMILES string of the molecule is Cc1cc(NC(=O)c2ccc(N/N=C3\C(=O)c4ccc(NC(=O)c5ccc(N)cc5)cc4C=C3S(=O)(=O)[O-])cc2)ccc1N=Nc1ccc2cc(S(=O)(=O)[O-])cc(S(=O)(=O)[O-])c2c1.[Na+].[Na+].[Na+]. The van der Waals surface area contributed by atoms with Crippen molar-refractivity contribution in [2.75, 3.05) is 21.8 Å². The van der Waals surface area contributed by atoms with Gasteiger partial charge in [-0.25, -0.2) is 25.3 Å². The molecular weight excluding hydrogens is 948 g/mol. The summed E-state index contributed by atoms with van der Waals surface area (Å²) in [4.78, 5) is 36.5. The molecule has 66 heavy (non-hydrogen) atoms. The number of nitrogens with one attached hydrogen (secondary N) is 3. The minimum Gasteiger partial charge on any atom is -0.744 e. The number of carbonyl (C=O) groups is 3. The van der Waals surface area contributed by atoms with Crippen LogP contribution in [-0.2, 0) is 30.4 Å². The standard InChI is InChI=1S/C41H31N7O12S3.3Na/c1-22-16-29(13-15-35(22)47-46-31-11-6-25-18-32(61(52,53)54)21-36(34(25)20-31)62(55,56)57)43-41(51)24-4-9-28(10-5-24)45-48-38-37(63(58,59)60)19-26-17-30(12-14-33(26)39(38)49)44-40(50)23-2-7-27(42)8-3-23;;;/h2-21,45H,42H2,1H3,(H,43,51)(H,44,50)(H,52,53,54)(H,55,56,57)(H,58,59,60);;;/q;3*+1/p-3/b47-46?,48-38-;;;. The van der Waals surface area contributed by atoms with E-state index in [1.807, 2.05) is 0 Å². The van der Waals surface area contributed by atoms with Gasteiger partial charge in [-0.1, -0.05) is 6.07 Å². The van der Waals surface area contributed by atoms with Gasteiger partial charge in [0, 0.05) is 39.1 Å². The van der Waals surface area contributed by atoms with E-state index < -0.39 is 68.4 Å². The number of benzene rings is 6. The number of aryl methyl sites for hydroxylation is 1. The first-order chi connectivity index (χ1) is 29.6. The summed E-state index contributed by atoms with van der Waals surface area (Å²) in [6, 6.07) is 25.9. The summed E-state index contributed by atoms with van der Waals surface area (Å²) < 4.78 is 107.